The molecule has 8 nitrogen and oxygen atoms in total. The SMILES string of the molecule is CC(C)(C)C(=O)N1CCC(c2nccnc2Oc2ccc(C(=O)c3nc4ccccc4[nH]3)cc2)CC1. The predicted octanol–water partition coefficient (Wildman–Crippen LogP) is 5.13. The molecule has 1 aliphatic rings. The summed E-state index contributed by atoms with van der Waals surface area (Å²) in [7, 11) is 0. The fourth-order valence-corrected chi connectivity index (χ4v) is 4.51. The van der Waals surface area contributed by atoms with Crippen molar-refractivity contribution in [3.8, 4) is 11.6 Å². The van der Waals surface area contributed by atoms with Crippen molar-refractivity contribution in [3.05, 3.63) is 78.0 Å². The van der Waals surface area contributed by atoms with E-state index in [9.17, 15) is 9.59 Å². The molecule has 1 fully saturated rings. The number of ether oxygens (including phenoxy) is 1. The van der Waals surface area contributed by atoms with Gasteiger partial charge in [0.15, 0.2) is 5.82 Å². The van der Waals surface area contributed by atoms with Gasteiger partial charge in [0.2, 0.25) is 17.6 Å². The third kappa shape index (κ3) is 4.84. The minimum atomic E-state index is -0.383. The maximum absolute atomic E-state index is 12.9. The first kappa shape index (κ1) is 23.7. The first-order chi connectivity index (χ1) is 17.3. The number of benzene rings is 2. The summed E-state index contributed by atoms with van der Waals surface area (Å²) in [4.78, 5) is 43.9. The van der Waals surface area contributed by atoms with Crippen molar-refractivity contribution < 1.29 is 14.3 Å². The van der Waals surface area contributed by atoms with Crippen molar-refractivity contribution >= 4 is 22.7 Å². The largest absolute Gasteiger partial charge is 0.437 e. The monoisotopic (exact) mass is 483 g/mol. The van der Waals surface area contributed by atoms with Gasteiger partial charge in [0.1, 0.15) is 11.4 Å². The van der Waals surface area contributed by atoms with Crippen LogP contribution in [0.1, 0.15) is 61.4 Å². The summed E-state index contributed by atoms with van der Waals surface area (Å²) in [6.45, 7) is 7.23. The number of carbonyl (C=O) groups excluding carboxylic acids is 2. The van der Waals surface area contributed by atoms with Gasteiger partial charge in [0.05, 0.1) is 11.0 Å². The molecule has 0 unspecified atom stereocenters. The van der Waals surface area contributed by atoms with Crippen LogP contribution in [-0.2, 0) is 4.79 Å². The molecule has 2 aromatic carbocycles. The van der Waals surface area contributed by atoms with Gasteiger partial charge in [-0.2, -0.15) is 0 Å². The highest BCUT2D eigenvalue weighted by molar-refractivity contribution is 6.08. The molecule has 0 saturated carbocycles. The molecule has 3 heterocycles. The average Bonchev–Trinajstić information content (AvgIpc) is 3.33. The summed E-state index contributed by atoms with van der Waals surface area (Å²) in [6, 6.07) is 14.5. The van der Waals surface area contributed by atoms with Crippen LogP contribution in [0.2, 0.25) is 0 Å². The van der Waals surface area contributed by atoms with E-state index >= 15 is 0 Å². The van der Waals surface area contributed by atoms with Crippen LogP contribution in [0.3, 0.4) is 0 Å². The van der Waals surface area contributed by atoms with Crippen molar-refractivity contribution in [3.63, 3.8) is 0 Å². The van der Waals surface area contributed by atoms with Gasteiger partial charge in [0, 0.05) is 42.4 Å². The smallest absolute Gasteiger partial charge is 0.241 e. The Morgan fingerprint density at radius 3 is 2.36 bits per heavy atom. The van der Waals surface area contributed by atoms with E-state index in [1.165, 1.54) is 0 Å². The van der Waals surface area contributed by atoms with E-state index in [4.69, 9.17) is 4.74 Å². The van der Waals surface area contributed by atoms with E-state index < -0.39 is 0 Å². The lowest BCUT2D eigenvalue weighted by Crippen LogP contribution is -2.43. The van der Waals surface area contributed by atoms with Crippen LogP contribution in [-0.4, -0.2) is 49.6 Å². The van der Waals surface area contributed by atoms with Crippen molar-refractivity contribution in [2.75, 3.05) is 13.1 Å². The highest BCUT2D eigenvalue weighted by Gasteiger charge is 2.32. The van der Waals surface area contributed by atoms with Gasteiger partial charge in [-0.1, -0.05) is 32.9 Å². The molecule has 0 radical (unpaired) electrons. The van der Waals surface area contributed by atoms with Gasteiger partial charge in [0.25, 0.3) is 0 Å². The van der Waals surface area contributed by atoms with Crippen LogP contribution >= 0.6 is 0 Å². The zero-order valence-corrected chi connectivity index (χ0v) is 20.7. The first-order valence-corrected chi connectivity index (χ1v) is 12.2. The molecular formula is C28H29N5O3. The Balaban J connectivity index is 1.27. The van der Waals surface area contributed by atoms with Gasteiger partial charge < -0.3 is 14.6 Å². The number of ketones is 1. The molecule has 2 aromatic heterocycles. The molecule has 1 saturated heterocycles. The second-order valence-electron chi connectivity index (χ2n) is 10.1. The number of nitrogens with zero attached hydrogens (tertiary/aromatic N) is 4. The maximum Gasteiger partial charge on any atom is 0.241 e. The van der Waals surface area contributed by atoms with Crippen molar-refractivity contribution in [1.82, 2.24) is 24.8 Å². The quantitative estimate of drug-likeness (QED) is 0.395. The number of likely N-dealkylation sites (tertiary alicyclic amines) is 1. The van der Waals surface area contributed by atoms with Crippen molar-refractivity contribution in [2.45, 2.75) is 39.5 Å². The molecule has 184 valence electrons. The van der Waals surface area contributed by atoms with Crippen LogP contribution in [0, 0.1) is 5.41 Å². The maximum atomic E-state index is 12.9. The minimum absolute atomic E-state index is 0.159. The van der Waals surface area contributed by atoms with Crippen LogP contribution in [0.15, 0.2) is 60.9 Å². The molecule has 5 rings (SSSR count). The number of imidazole rings is 1. The second-order valence-corrected chi connectivity index (χ2v) is 10.1. The highest BCUT2D eigenvalue weighted by Crippen LogP contribution is 2.34. The molecule has 8 heteroatoms. The number of fused-ring (bicyclic) bond motifs is 1. The molecule has 0 aliphatic carbocycles. The second kappa shape index (κ2) is 9.53. The number of hydrogen-bond donors (Lipinski definition) is 1. The van der Waals surface area contributed by atoms with Crippen LogP contribution in [0.5, 0.6) is 11.6 Å². The lowest BCUT2D eigenvalue weighted by Gasteiger charge is -2.35. The predicted molar refractivity (Wildman–Crippen MR) is 136 cm³/mol. The summed E-state index contributed by atoms with van der Waals surface area (Å²) >= 11 is 0. The molecule has 0 bridgehead atoms. The lowest BCUT2D eigenvalue weighted by atomic mass is 9.89. The summed E-state index contributed by atoms with van der Waals surface area (Å²) in [5.41, 5.74) is 2.50. The number of rotatable bonds is 5. The molecule has 4 aromatic rings. The number of aromatic amines is 1. The van der Waals surface area contributed by atoms with Gasteiger partial charge >= 0.3 is 0 Å². The Bertz CT molecular complexity index is 1360. The van der Waals surface area contributed by atoms with Crippen LogP contribution < -0.4 is 4.74 Å². The summed E-state index contributed by atoms with van der Waals surface area (Å²) in [6.07, 6.45) is 4.89. The Kier molecular flexibility index (Phi) is 6.26. The first-order valence-electron chi connectivity index (χ1n) is 12.2. The number of nitrogens with one attached hydrogen (secondary N) is 1. The summed E-state index contributed by atoms with van der Waals surface area (Å²) < 4.78 is 6.09. The van der Waals surface area contributed by atoms with Crippen molar-refractivity contribution in [2.24, 2.45) is 5.41 Å². The zero-order valence-electron chi connectivity index (χ0n) is 20.7. The highest BCUT2D eigenvalue weighted by atomic mass is 16.5. The zero-order chi connectivity index (χ0) is 25.3. The number of para-hydroxylation sites is 2. The lowest BCUT2D eigenvalue weighted by molar-refractivity contribution is -0.140. The number of hydrogen-bond acceptors (Lipinski definition) is 6. The molecule has 1 amide bonds. The molecule has 36 heavy (non-hydrogen) atoms. The molecule has 0 spiro atoms. The fraction of sp³-hybridized carbons (Fsp3) is 0.321. The Hall–Kier alpha value is -4.07. The fourth-order valence-electron chi connectivity index (χ4n) is 4.51. The number of piperidine rings is 1. The Morgan fingerprint density at radius 2 is 1.67 bits per heavy atom. The van der Waals surface area contributed by atoms with Crippen molar-refractivity contribution in [1.29, 1.82) is 0 Å². The van der Waals surface area contributed by atoms with Crippen LogP contribution in [0.25, 0.3) is 11.0 Å². The standard InChI is InChI=1S/C28H29N5O3/c1-28(2,3)27(35)33-16-12-18(13-17-33)23-26(30-15-14-29-23)36-20-10-8-19(9-11-20)24(34)25-31-21-6-4-5-7-22(21)32-25/h4-11,14-15,18H,12-13,16-17H2,1-3H3,(H,31,32). The van der Waals surface area contributed by atoms with Gasteiger partial charge in [-0.05, 0) is 49.2 Å². The normalized spacial score (nSPS) is 14.7. The van der Waals surface area contributed by atoms with Gasteiger partial charge in [-0.25, -0.2) is 9.97 Å². The van der Waals surface area contributed by atoms with Gasteiger partial charge in [-0.15, -0.1) is 0 Å². The minimum Gasteiger partial charge on any atom is -0.437 e. The van der Waals surface area contributed by atoms with Crippen LogP contribution in [0.4, 0.5) is 0 Å². The topological polar surface area (TPSA) is 101 Å². The molecular weight excluding hydrogens is 454 g/mol. The Morgan fingerprint density at radius 1 is 0.972 bits per heavy atom. The third-order valence-electron chi connectivity index (χ3n) is 6.44. The molecule has 1 aliphatic heterocycles. The molecule has 0 atom stereocenters. The van der Waals surface area contributed by atoms with Gasteiger partial charge in [-0.3, -0.25) is 14.6 Å². The van der Waals surface area contributed by atoms with E-state index in [1.54, 1.807) is 36.7 Å². The molecule has 1 N–H and O–H groups in total. The Labute approximate surface area is 209 Å². The average molecular weight is 484 g/mol. The number of aromatic nitrogens is 4. The summed E-state index contributed by atoms with van der Waals surface area (Å²) in [5, 5.41) is 0. The number of amides is 1. The third-order valence-corrected chi connectivity index (χ3v) is 6.44. The van der Waals surface area contributed by atoms with E-state index in [0.29, 0.717) is 36.1 Å². The van der Waals surface area contributed by atoms with E-state index in [-0.39, 0.29) is 23.0 Å². The number of carbonyl (C=O) groups is 2. The number of H-pyrrole nitrogens is 1. The van der Waals surface area contributed by atoms with E-state index in [1.807, 2.05) is 49.9 Å². The van der Waals surface area contributed by atoms with E-state index in [0.717, 1.165) is 29.6 Å². The van der Waals surface area contributed by atoms with E-state index in [2.05, 4.69) is 19.9 Å². The summed E-state index contributed by atoms with van der Waals surface area (Å²) in [5.74, 6) is 1.47.